The van der Waals surface area contributed by atoms with Gasteiger partial charge in [-0.15, -0.1) is 0 Å². The summed E-state index contributed by atoms with van der Waals surface area (Å²) in [4.78, 5) is 11.3. The fourth-order valence-electron chi connectivity index (χ4n) is 1.05. The number of carbonyl (C=O) groups excluding carboxylic acids is 1. The number of aromatic hydroxyl groups is 1. The van der Waals surface area contributed by atoms with E-state index < -0.39 is 17.3 Å². The zero-order chi connectivity index (χ0) is 10.7. The van der Waals surface area contributed by atoms with Gasteiger partial charge in [0.15, 0.2) is 17.3 Å². The van der Waals surface area contributed by atoms with Gasteiger partial charge in [0.2, 0.25) is 0 Å². The molecule has 0 fully saturated rings. The number of ether oxygens (including phenoxy) is 1. The summed E-state index contributed by atoms with van der Waals surface area (Å²) in [6.07, 6.45) is 0. The molecule has 0 saturated carbocycles. The van der Waals surface area contributed by atoms with Crippen LogP contribution in [0.2, 0.25) is 0 Å². The molecule has 3 nitrogen and oxygen atoms in total. The smallest absolute Gasteiger partial charge is 0.180 e. The standard InChI is InChI=1S/C9H8BrFO3/c1-14-7-3-2-5(11)9(13)8(7)6(12)4-10/h2-3,13H,4H2,1H3. The lowest BCUT2D eigenvalue weighted by Crippen LogP contribution is -2.04. The Morgan fingerprint density at radius 3 is 2.79 bits per heavy atom. The van der Waals surface area contributed by atoms with Gasteiger partial charge in [0.05, 0.1) is 12.4 Å². The van der Waals surface area contributed by atoms with E-state index in [0.29, 0.717) is 0 Å². The number of alkyl halides is 1. The first-order valence-corrected chi connectivity index (χ1v) is 4.88. The van der Waals surface area contributed by atoms with Gasteiger partial charge in [0.1, 0.15) is 11.3 Å². The first-order chi connectivity index (χ1) is 6.61. The van der Waals surface area contributed by atoms with Crippen molar-refractivity contribution in [2.45, 2.75) is 0 Å². The van der Waals surface area contributed by atoms with E-state index in [0.717, 1.165) is 6.07 Å². The van der Waals surface area contributed by atoms with Crippen LogP contribution in [0.4, 0.5) is 4.39 Å². The molecule has 0 aliphatic heterocycles. The second-order valence-corrected chi connectivity index (χ2v) is 3.09. The minimum Gasteiger partial charge on any atom is -0.504 e. The minimum atomic E-state index is -0.838. The lowest BCUT2D eigenvalue weighted by atomic mass is 10.1. The highest BCUT2D eigenvalue weighted by Crippen LogP contribution is 2.30. The van der Waals surface area contributed by atoms with Crippen molar-refractivity contribution in [1.82, 2.24) is 0 Å². The number of halogens is 2. The summed E-state index contributed by atoms with van der Waals surface area (Å²) in [5.74, 6) is -1.78. The van der Waals surface area contributed by atoms with E-state index in [1.807, 2.05) is 0 Å². The molecule has 0 atom stereocenters. The van der Waals surface area contributed by atoms with Gasteiger partial charge in [-0.05, 0) is 12.1 Å². The van der Waals surface area contributed by atoms with E-state index in [4.69, 9.17) is 4.74 Å². The van der Waals surface area contributed by atoms with Gasteiger partial charge in [0.25, 0.3) is 0 Å². The molecule has 5 heteroatoms. The predicted octanol–water partition coefficient (Wildman–Crippen LogP) is 2.12. The zero-order valence-electron chi connectivity index (χ0n) is 7.38. The maximum absolute atomic E-state index is 12.9. The molecule has 0 bridgehead atoms. The van der Waals surface area contributed by atoms with Crippen LogP contribution in [0.15, 0.2) is 12.1 Å². The van der Waals surface area contributed by atoms with E-state index in [1.54, 1.807) is 0 Å². The molecule has 76 valence electrons. The molecule has 14 heavy (non-hydrogen) atoms. The number of ketones is 1. The Kier molecular flexibility index (Phi) is 3.46. The van der Waals surface area contributed by atoms with Crippen molar-refractivity contribution in [2.75, 3.05) is 12.4 Å². The maximum atomic E-state index is 12.9. The highest BCUT2D eigenvalue weighted by molar-refractivity contribution is 9.09. The summed E-state index contributed by atoms with van der Waals surface area (Å²) in [6, 6.07) is 2.34. The van der Waals surface area contributed by atoms with Gasteiger partial charge in [-0.1, -0.05) is 15.9 Å². The molecule has 0 aliphatic rings. The Balaban J connectivity index is 3.35. The second-order valence-electron chi connectivity index (χ2n) is 2.53. The molecule has 0 spiro atoms. The topological polar surface area (TPSA) is 46.5 Å². The molecule has 1 aromatic carbocycles. The van der Waals surface area contributed by atoms with Crippen molar-refractivity contribution >= 4 is 21.7 Å². The number of hydrogen-bond donors (Lipinski definition) is 1. The number of benzene rings is 1. The van der Waals surface area contributed by atoms with Crippen molar-refractivity contribution in [2.24, 2.45) is 0 Å². The van der Waals surface area contributed by atoms with Crippen molar-refractivity contribution in [3.63, 3.8) is 0 Å². The Morgan fingerprint density at radius 1 is 1.64 bits per heavy atom. The van der Waals surface area contributed by atoms with Gasteiger partial charge in [-0.25, -0.2) is 4.39 Å². The Hall–Kier alpha value is -1.10. The third-order valence-electron chi connectivity index (χ3n) is 1.71. The fraction of sp³-hybridized carbons (Fsp3) is 0.222. The van der Waals surface area contributed by atoms with Gasteiger partial charge >= 0.3 is 0 Å². The van der Waals surface area contributed by atoms with E-state index >= 15 is 0 Å². The van der Waals surface area contributed by atoms with E-state index in [-0.39, 0.29) is 16.6 Å². The van der Waals surface area contributed by atoms with Crippen LogP contribution in [-0.4, -0.2) is 23.3 Å². The number of phenolic OH excluding ortho intramolecular Hbond substituents is 1. The summed E-state index contributed by atoms with van der Waals surface area (Å²) in [6.45, 7) is 0. The Morgan fingerprint density at radius 2 is 2.29 bits per heavy atom. The van der Waals surface area contributed by atoms with Gasteiger partial charge < -0.3 is 9.84 Å². The van der Waals surface area contributed by atoms with E-state index in [9.17, 15) is 14.3 Å². The van der Waals surface area contributed by atoms with Crippen LogP contribution >= 0.6 is 15.9 Å². The molecule has 0 saturated heterocycles. The summed E-state index contributed by atoms with van der Waals surface area (Å²) in [7, 11) is 1.34. The highest BCUT2D eigenvalue weighted by atomic mass is 79.9. The molecule has 0 aliphatic carbocycles. The second kappa shape index (κ2) is 4.41. The van der Waals surface area contributed by atoms with E-state index in [2.05, 4.69) is 15.9 Å². The van der Waals surface area contributed by atoms with Crippen molar-refractivity contribution in [1.29, 1.82) is 0 Å². The van der Waals surface area contributed by atoms with Gasteiger partial charge in [0, 0.05) is 0 Å². The summed E-state index contributed by atoms with van der Waals surface area (Å²) in [5.41, 5.74) is -0.135. The molecular formula is C9H8BrFO3. The largest absolute Gasteiger partial charge is 0.504 e. The molecule has 0 aromatic heterocycles. The zero-order valence-corrected chi connectivity index (χ0v) is 8.97. The van der Waals surface area contributed by atoms with E-state index in [1.165, 1.54) is 13.2 Å². The third-order valence-corrected chi connectivity index (χ3v) is 2.22. The lowest BCUT2D eigenvalue weighted by molar-refractivity contribution is 0.101. The first-order valence-electron chi connectivity index (χ1n) is 3.76. The molecular weight excluding hydrogens is 255 g/mol. The molecule has 0 unspecified atom stereocenters. The van der Waals surface area contributed by atoms with Gasteiger partial charge in [-0.2, -0.15) is 0 Å². The number of hydrogen-bond acceptors (Lipinski definition) is 3. The maximum Gasteiger partial charge on any atom is 0.180 e. The number of Topliss-reactive ketones (excluding diaryl/α,β-unsaturated/α-hetero) is 1. The van der Waals surface area contributed by atoms with Crippen molar-refractivity contribution < 1.29 is 19.0 Å². The quantitative estimate of drug-likeness (QED) is 0.671. The normalized spacial score (nSPS) is 9.93. The number of carbonyl (C=O) groups is 1. The average molecular weight is 263 g/mol. The summed E-state index contributed by atoms with van der Waals surface area (Å²) >= 11 is 2.93. The average Bonchev–Trinajstić information content (AvgIpc) is 2.20. The minimum absolute atomic E-state index is 0.000370. The first kappa shape index (κ1) is 11.0. The Labute approximate surface area is 88.6 Å². The van der Waals surface area contributed by atoms with Crippen molar-refractivity contribution in [3.8, 4) is 11.5 Å². The fourth-order valence-corrected chi connectivity index (χ4v) is 1.33. The number of phenols is 1. The molecule has 1 rings (SSSR count). The van der Waals surface area contributed by atoms with Crippen LogP contribution in [0, 0.1) is 5.82 Å². The van der Waals surface area contributed by atoms with Crippen molar-refractivity contribution in [3.05, 3.63) is 23.5 Å². The molecule has 1 aromatic rings. The third kappa shape index (κ3) is 1.87. The predicted molar refractivity (Wildman–Crippen MR) is 52.7 cm³/mol. The van der Waals surface area contributed by atoms with Crippen LogP contribution in [0.3, 0.4) is 0 Å². The van der Waals surface area contributed by atoms with Crippen LogP contribution in [0.25, 0.3) is 0 Å². The number of rotatable bonds is 3. The summed E-state index contributed by atoms with van der Waals surface area (Å²) in [5, 5.41) is 9.31. The molecule has 0 radical (unpaired) electrons. The summed E-state index contributed by atoms with van der Waals surface area (Å²) < 4.78 is 17.8. The van der Waals surface area contributed by atoms with Gasteiger partial charge in [-0.3, -0.25) is 4.79 Å². The Bertz CT molecular complexity index is 365. The molecule has 1 N–H and O–H groups in total. The van der Waals surface area contributed by atoms with Crippen LogP contribution in [-0.2, 0) is 0 Å². The highest BCUT2D eigenvalue weighted by Gasteiger charge is 2.19. The van der Waals surface area contributed by atoms with Crippen LogP contribution in [0.1, 0.15) is 10.4 Å². The monoisotopic (exact) mass is 262 g/mol. The van der Waals surface area contributed by atoms with Crippen LogP contribution < -0.4 is 4.74 Å². The SMILES string of the molecule is COc1ccc(F)c(O)c1C(=O)CBr. The lowest BCUT2D eigenvalue weighted by Gasteiger charge is -2.08. The number of methoxy groups -OCH3 is 1. The van der Waals surface area contributed by atoms with Crippen LogP contribution in [0.5, 0.6) is 11.5 Å². The molecule has 0 amide bonds. The molecule has 0 heterocycles.